The summed E-state index contributed by atoms with van der Waals surface area (Å²) in [4.78, 5) is 112. The molecular weight excluding hydrogens is 1240 g/mol. The van der Waals surface area contributed by atoms with Gasteiger partial charge in [0.05, 0.1) is 89.7 Å². The molecule has 0 saturated carbocycles. The summed E-state index contributed by atoms with van der Waals surface area (Å²) >= 11 is 5.56. The lowest BCUT2D eigenvalue weighted by Crippen LogP contribution is -2.36. The molecular formula is C61H100N12O15S3. The Morgan fingerprint density at radius 3 is 1.23 bits per heavy atom. The Hall–Kier alpha value is -5.34. The normalized spacial score (nSPS) is 21.1. The van der Waals surface area contributed by atoms with Gasteiger partial charge in [-0.3, -0.25) is 28.8 Å². The number of hydrogen-bond acceptors (Lipinski definition) is 18. The number of carbonyl (C=O) groups excluding carboxylic acids is 9. The summed E-state index contributed by atoms with van der Waals surface area (Å²) < 4.78 is 33.8. The predicted molar refractivity (Wildman–Crippen MR) is 350 cm³/mol. The lowest BCUT2D eigenvalue weighted by Gasteiger charge is -2.16. The zero-order valence-corrected chi connectivity index (χ0v) is 55.3. The first-order chi connectivity index (χ1) is 44.3. The third-order valence-electron chi connectivity index (χ3n) is 15.7. The van der Waals surface area contributed by atoms with Gasteiger partial charge in [0.15, 0.2) is 0 Å². The van der Waals surface area contributed by atoms with E-state index in [9.17, 15) is 43.2 Å². The van der Waals surface area contributed by atoms with Crippen LogP contribution in [0.1, 0.15) is 134 Å². The summed E-state index contributed by atoms with van der Waals surface area (Å²) in [5.41, 5.74) is 0.374. The number of fused-ring (bicyclic) bond motifs is 2. The summed E-state index contributed by atoms with van der Waals surface area (Å²) in [7, 11) is 0. The molecule has 5 fully saturated rings. The molecule has 1 aromatic rings. The minimum Gasteiger partial charge on any atom is -0.379 e. The van der Waals surface area contributed by atoms with Crippen LogP contribution in [0.15, 0.2) is 18.2 Å². The standard InChI is InChI=1S/C61H100N12O15S3/c1-42-46(69-59(80)68-42)39-89-35-8-2-3-14-51(74)62-17-9-23-83-29-30-84-24-10-18-65-56(77)43-36-44(57(78)66-19-11-25-85-31-32-86-26-20-63-52(75)15-6-4-12-49-54-47(40-90-49)70-60(81)72-54)38-45(37-43)58(79)67-22-28-88-34-33-87-27-21-64-53(76)16-7-5-13-50-55-48(41-91-50)71-61(82)73-55/h36-38,42,46-50,54-55H,2-35,39-41H2,1H3,(H,62,74)(H,63,75)(H,64,76)(H,65,77)(H,66,78)(H,67,79)(H2,68,69,80)(H2,70,72,81)(H2,71,73,82). The molecule has 5 aliphatic heterocycles. The predicted octanol–water partition coefficient (Wildman–Crippen LogP) is 2.31. The molecule has 0 aromatic heterocycles. The van der Waals surface area contributed by atoms with Crippen molar-refractivity contribution in [2.45, 2.75) is 150 Å². The maximum Gasteiger partial charge on any atom is 0.315 e. The van der Waals surface area contributed by atoms with Crippen molar-refractivity contribution in [2.24, 2.45) is 0 Å². The van der Waals surface area contributed by atoms with E-state index in [2.05, 4.69) is 63.8 Å². The van der Waals surface area contributed by atoms with Gasteiger partial charge in [-0.1, -0.05) is 19.3 Å². The Morgan fingerprint density at radius 1 is 0.429 bits per heavy atom. The third kappa shape index (κ3) is 30.1. The molecule has 8 unspecified atom stereocenters. The van der Waals surface area contributed by atoms with Crippen molar-refractivity contribution in [3.63, 3.8) is 0 Å². The van der Waals surface area contributed by atoms with Gasteiger partial charge in [-0.25, -0.2) is 14.4 Å². The van der Waals surface area contributed by atoms with Crippen LogP contribution < -0.4 is 63.8 Å². The molecule has 512 valence electrons. The molecule has 5 saturated heterocycles. The average Bonchev–Trinajstić information content (AvgIpc) is 2.20. The Balaban J connectivity index is 0.786. The van der Waals surface area contributed by atoms with Gasteiger partial charge < -0.3 is 92.2 Å². The highest BCUT2D eigenvalue weighted by atomic mass is 32.2. The zero-order valence-electron chi connectivity index (χ0n) is 52.9. The van der Waals surface area contributed by atoms with E-state index >= 15 is 0 Å². The van der Waals surface area contributed by atoms with E-state index in [-0.39, 0.29) is 128 Å². The number of amides is 12. The van der Waals surface area contributed by atoms with Crippen LogP contribution in [0.3, 0.4) is 0 Å². The number of hydrogen-bond donors (Lipinski definition) is 12. The summed E-state index contributed by atoms with van der Waals surface area (Å²) in [6, 6.07) is 5.04. The Bertz CT molecular complexity index is 2430. The van der Waals surface area contributed by atoms with E-state index in [0.717, 1.165) is 80.8 Å². The molecule has 12 amide bonds. The van der Waals surface area contributed by atoms with Crippen molar-refractivity contribution in [3.8, 4) is 0 Å². The van der Waals surface area contributed by atoms with E-state index in [1.807, 2.05) is 42.2 Å². The fourth-order valence-electron chi connectivity index (χ4n) is 10.7. The molecule has 0 radical (unpaired) electrons. The minimum absolute atomic E-state index is 0.0194. The first-order valence-corrected chi connectivity index (χ1v) is 35.9. The molecule has 0 aliphatic carbocycles. The second-order valence-corrected chi connectivity index (χ2v) is 26.7. The van der Waals surface area contributed by atoms with Gasteiger partial charge in [0, 0.05) is 129 Å². The van der Waals surface area contributed by atoms with Crippen LogP contribution in [0.4, 0.5) is 14.4 Å². The maximum atomic E-state index is 13.4. The van der Waals surface area contributed by atoms with Crippen molar-refractivity contribution in [3.05, 3.63) is 34.9 Å². The largest absolute Gasteiger partial charge is 0.379 e. The molecule has 0 bridgehead atoms. The quantitative estimate of drug-likeness (QED) is 0.0329. The van der Waals surface area contributed by atoms with E-state index in [0.29, 0.717) is 128 Å². The van der Waals surface area contributed by atoms with Gasteiger partial charge in [-0.2, -0.15) is 35.3 Å². The number of urea groups is 3. The molecule has 5 heterocycles. The molecule has 0 spiro atoms. The van der Waals surface area contributed by atoms with Gasteiger partial charge in [0.1, 0.15) is 0 Å². The van der Waals surface area contributed by atoms with Crippen LogP contribution in [0.25, 0.3) is 0 Å². The Morgan fingerprint density at radius 2 is 0.802 bits per heavy atom. The fourth-order valence-corrected chi connectivity index (χ4v) is 15.0. The summed E-state index contributed by atoms with van der Waals surface area (Å²) in [5, 5.41) is 35.6. The monoisotopic (exact) mass is 1340 g/mol. The summed E-state index contributed by atoms with van der Waals surface area (Å²) in [5.74, 6) is 2.25. The Kier molecular flexibility index (Phi) is 36.4. The molecule has 5 aliphatic rings. The maximum absolute atomic E-state index is 13.4. The second kappa shape index (κ2) is 44.3. The second-order valence-electron chi connectivity index (χ2n) is 23.0. The highest BCUT2D eigenvalue weighted by Gasteiger charge is 2.43. The van der Waals surface area contributed by atoms with Crippen LogP contribution in [0.2, 0.25) is 0 Å². The van der Waals surface area contributed by atoms with Crippen molar-refractivity contribution in [1.29, 1.82) is 0 Å². The molecule has 30 heteroatoms. The first-order valence-electron chi connectivity index (χ1n) is 32.6. The number of benzene rings is 1. The van der Waals surface area contributed by atoms with Crippen molar-refractivity contribution >= 4 is 88.8 Å². The molecule has 6 rings (SSSR count). The lowest BCUT2D eigenvalue weighted by atomic mass is 10.0. The smallest absolute Gasteiger partial charge is 0.315 e. The topological polar surface area (TPSA) is 353 Å². The fraction of sp³-hybridized carbons (Fsp3) is 0.754. The highest BCUT2D eigenvalue weighted by Crippen LogP contribution is 2.34. The van der Waals surface area contributed by atoms with Crippen LogP contribution in [-0.4, -0.2) is 242 Å². The van der Waals surface area contributed by atoms with Gasteiger partial charge in [-0.15, -0.1) is 0 Å². The number of thioether (sulfide) groups is 3. The van der Waals surface area contributed by atoms with E-state index in [4.69, 9.17) is 28.4 Å². The Labute approximate surface area is 548 Å². The average molecular weight is 1340 g/mol. The van der Waals surface area contributed by atoms with E-state index in [1.165, 1.54) is 18.2 Å². The molecule has 27 nitrogen and oxygen atoms in total. The number of rotatable bonds is 51. The highest BCUT2D eigenvalue weighted by molar-refractivity contribution is 8.00. The SMILES string of the molecule is CC1NC(=O)NC1CSCCCCCC(=O)NCCCOCCOCCCNC(=O)c1cc(C(=O)NCCCOCCOCCNC(=O)CCCCC2SCC3NC(=O)NC32)cc(C(=O)NCCOCCOCCNC(=O)CCCCC2SCC3NC(=O)NC32)c1. The van der Waals surface area contributed by atoms with Gasteiger partial charge in [-0.05, 0) is 88.7 Å². The van der Waals surface area contributed by atoms with Crippen molar-refractivity contribution in [2.75, 3.05) is 142 Å². The van der Waals surface area contributed by atoms with Crippen LogP contribution in [0, 0.1) is 0 Å². The molecule has 91 heavy (non-hydrogen) atoms. The third-order valence-corrected chi connectivity index (χ3v) is 19.9. The van der Waals surface area contributed by atoms with Crippen LogP contribution in [-0.2, 0) is 42.8 Å². The lowest BCUT2D eigenvalue weighted by molar-refractivity contribution is -0.122. The number of unbranched alkanes of at least 4 members (excludes halogenated alkanes) is 4. The molecule has 12 N–H and O–H groups in total. The van der Waals surface area contributed by atoms with Crippen molar-refractivity contribution < 1.29 is 71.6 Å². The number of ether oxygens (including phenoxy) is 6. The summed E-state index contributed by atoms with van der Waals surface area (Å²) in [6.07, 6.45) is 11.2. The van der Waals surface area contributed by atoms with Crippen molar-refractivity contribution in [1.82, 2.24) is 63.8 Å². The van der Waals surface area contributed by atoms with Crippen LogP contribution >= 0.6 is 35.3 Å². The molecule has 1 aromatic carbocycles. The zero-order chi connectivity index (χ0) is 64.7. The van der Waals surface area contributed by atoms with Gasteiger partial charge in [0.25, 0.3) is 17.7 Å². The molecule has 8 atom stereocenters. The van der Waals surface area contributed by atoms with Crippen LogP contribution in [0.5, 0.6) is 0 Å². The first kappa shape index (κ1) is 74.7. The van der Waals surface area contributed by atoms with E-state index < -0.39 is 17.7 Å². The number of nitrogens with one attached hydrogen (secondary N) is 12. The van der Waals surface area contributed by atoms with E-state index in [1.54, 1.807) is 0 Å². The minimum atomic E-state index is -0.499. The summed E-state index contributed by atoms with van der Waals surface area (Å²) in [6.45, 7) is 8.00. The van der Waals surface area contributed by atoms with Gasteiger partial charge in [0.2, 0.25) is 17.7 Å². The number of carbonyl (C=O) groups is 9. The van der Waals surface area contributed by atoms with Gasteiger partial charge >= 0.3 is 18.1 Å².